The molecule has 11 nitrogen and oxygen atoms in total. The molecule has 1 atom stereocenters. The van der Waals surface area contributed by atoms with Crippen molar-refractivity contribution >= 4 is 16.9 Å². The minimum Gasteiger partial charge on any atom is -0.497 e. The van der Waals surface area contributed by atoms with Crippen LogP contribution in [0.25, 0.3) is 22.6 Å². The van der Waals surface area contributed by atoms with Gasteiger partial charge in [-0.1, -0.05) is 18.1 Å². The highest BCUT2D eigenvalue weighted by Gasteiger charge is 2.22. The van der Waals surface area contributed by atoms with E-state index in [1.807, 2.05) is 35.8 Å². The lowest BCUT2D eigenvalue weighted by atomic mass is 10.1. The molecule has 4 rings (SSSR count). The molecule has 0 aliphatic carbocycles. The number of rotatable bonds is 8. The molecule has 188 valence electrons. The van der Waals surface area contributed by atoms with E-state index in [4.69, 9.17) is 25.6 Å². The van der Waals surface area contributed by atoms with E-state index in [2.05, 4.69) is 32.1 Å². The molecule has 0 saturated carbocycles. The molecule has 1 aromatic carbocycles. The van der Waals surface area contributed by atoms with Crippen LogP contribution in [-0.4, -0.2) is 55.3 Å². The Balaban J connectivity index is 1.67. The first-order valence-electron chi connectivity index (χ1n) is 11.4. The van der Waals surface area contributed by atoms with Crippen LogP contribution in [0.4, 0.5) is 5.82 Å². The van der Waals surface area contributed by atoms with E-state index < -0.39 is 5.60 Å². The third-order valence-corrected chi connectivity index (χ3v) is 5.34. The molecule has 0 radical (unpaired) electrons. The fourth-order valence-electron chi connectivity index (χ4n) is 3.64. The maximum Gasteiger partial charge on any atom is 0.216 e. The van der Waals surface area contributed by atoms with Gasteiger partial charge in [-0.2, -0.15) is 0 Å². The van der Waals surface area contributed by atoms with Crippen molar-refractivity contribution in [2.24, 2.45) is 5.73 Å². The summed E-state index contributed by atoms with van der Waals surface area (Å²) in [6.07, 6.45) is 0.618. The van der Waals surface area contributed by atoms with Gasteiger partial charge in [-0.25, -0.2) is 14.6 Å². The summed E-state index contributed by atoms with van der Waals surface area (Å²) in [6.45, 7) is 5.93. The number of fused-ring (bicyclic) bond motifs is 1. The second kappa shape index (κ2) is 10.2. The lowest BCUT2D eigenvalue weighted by Crippen LogP contribution is -2.30. The topological polar surface area (TPSA) is 160 Å². The van der Waals surface area contributed by atoms with Gasteiger partial charge in [-0.15, -0.1) is 0 Å². The molecule has 3 aromatic heterocycles. The second-order valence-electron chi connectivity index (χ2n) is 8.79. The number of nitrogen functional groups attached to an aromatic ring is 1. The van der Waals surface area contributed by atoms with Crippen molar-refractivity contribution in [2.45, 2.75) is 45.4 Å². The van der Waals surface area contributed by atoms with Crippen LogP contribution in [0.1, 0.15) is 32.0 Å². The van der Waals surface area contributed by atoms with Crippen molar-refractivity contribution in [3.63, 3.8) is 0 Å². The van der Waals surface area contributed by atoms with Gasteiger partial charge in [0.05, 0.1) is 12.6 Å². The molecule has 0 unspecified atom stereocenters. The fraction of sp³-hybridized carbons (Fsp3) is 0.360. The summed E-state index contributed by atoms with van der Waals surface area (Å²) < 4.78 is 17.8. The largest absolute Gasteiger partial charge is 0.497 e. The summed E-state index contributed by atoms with van der Waals surface area (Å²) in [4.78, 5) is 9.23. The zero-order chi connectivity index (χ0) is 25.9. The maximum absolute atomic E-state index is 10.1. The number of aromatic nitrogens is 5. The number of hydrogen-bond acceptors (Lipinski definition) is 10. The van der Waals surface area contributed by atoms with E-state index >= 15 is 0 Å². The van der Waals surface area contributed by atoms with E-state index in [1.54, 1.807) is 27.0 Å². The van der Waals surface area contributed by atoms with Crippen molar-refractivity contribution in [3.05, 3.63) is 41.6 Å². The van der Waals surface area contributed by atoms with Crippen LogP contribution in [0.15, 0.2) is 35.0 Å². The SMILES string of the molecule is CCn1c(-c2nonc2N)nc2c(C#CC(C)(C)O)nc(OC[C@H](N)Cc3ccc(OC)cc3)cc21. The molecule has 36 heavy (non-hydrogen) atoms. The van der Waals surface area contributed by atoms with Crippen molar-refractivity contribution in [1.29, 1.82) is 0 Å². The first-order valence-corrected chi connectivity index (χ1v) is 11.4. The molecule has 0 bridgehead atoms. The Morgan fingerprint density at radius 2 is 1.94 bits per heavy atom. The van der Waals surface area contributed by atoms with Gasteiger partial charge in [-0.3, -0.25) is 0 Å². The highest BCUT2D eigenvalue weighted by atomic mass is 16.6. The Labute approximate surface area is 208 Å². The minimum absolute atomic E-state index is 0.123. The molecule has 5 N–H and O–H groups in total. The molecule has 3 heterocycles. The number of hydrogen-bond donors (Lipinski definition) is 3. The van der Waals surface area contributed by atoms with Gasteiger partial charge in [0, 0.05) is 18.7 Å². The fourth-order valence-corrected chi connectivity index (χ4v) is 3.64. The van der Waals surface area contributed by atoms with Gasteiger partial charge in [0.2, 0.25) is 5.88 Å². The number of pyridine rings is 1. The van der Waals surface area contributed by atoms with Crippen LogP contribution in [0.5, 0.6) is 11.6 Å². The van der Waals surface area contributed by atoms with Crippen LogP contribution in [0.3, 0.4) is 0 Å². The molecule has 4 aromatic rings. The van der Waals surface area contributed by atoms with Crippen molar-refractivity contribution in [3.8, 4) is 35.0 Å². The van der Waals surface area contributed by atoms with E-state index in [-0.39, 0.29) is 18.5 Å². The number of imidazole rings is 1. The summed E-state index contributed by atoms with van der Waals surface area (Å²) in [5.74, 6) is 7.43. The molecule has 0 amide bonds. The zero-order valence-electron chi connectivity index (χ0n) is 20.6. The predicted molar refractivity (Wildman–Crippen MR) is 134 cm³/mol. The summed E-state index contributed by atoms with van der Waals surface area (Å²) in [7, 11) is 1.63. The van der Waals surface area contributed by atoms with Crippen LogP contribution in [-0.2, 0) is 13.0 Å². The van der Waals surface area contributed by atoms with Crippen LogP contribution < -0.4 is 20.9 Å². The summed E-state index contributed by atoms with van der Waals surface area (Å²) in [5.41, 5.74) is 14.0. The Morgan fingerprint density at radius 1 is 1.19 bits per heavy atom. The monoisotopic (exact) mass is 491 g/mol. The van der Waals surface area contributed by atoms with Gasteiger partial charge >= 0.3 is 0 Å². The molecule has 0 spiro atoms. The number of methoxy groups -OCH3 is 1. The molecule has 0 aliphatic heterocycles. The van der Waals surface area contributed by atoms with Gasteiger partial charge < -0.3 is 30.6 Å². The van der Waals surface area contributed by atoms with Crippen molar-refractivity contribution < 1.29 is 19.2 Å². The number of ether oxygens (including phenoxy) is 2. The first kappa shape index (κ1) is 25.0. The van der Waals surface area contributed by atoms with Crippen LogP contribution >= 0.6 is 0 Å². The summed E-state index contributed by atoms with van der Waals surface area (Å²) in [5, 5.41) is 17.7. The van der Waals surface area contributed by atoms with Crippen LogP contribution in [0.2, 0.25) is 0 Å². The average molecular weight is 492 g/mol. The Bertz CT molecular complexity index is 1410. The molecule has 11 heteroatoms. The number of benzene rings is 1. The highest BCUT2D eigenvalue weighted by Crippen LogP contribution is 2.30. The quantitative estimate of drug-likeness (QED) is 0.312. The van der Waals surface area contributed by atoms with E-state index in [9.17, 15) is 5.11 Å². The maximum atomic E-state index is 10.1. The standard InChI is InChI=1S/C25H29N7O4/c1-5-32-19-13-20(35-14-16(26)12-15-6-8-17(34-4)9-7-15)28-18(10-11-25(2,3)33)21(19)29-24(32)22-23(27)31-36-30-22/h6-9,13,16,33H,5,12,14,26H2,1-4H3,(H2,27,31)/t16-/m1/s1. The average Bonchev–Trinajstić information content (AvgIpc) is 3.43. The molecular formula is C25H29N7O4. The third-order valence-electron chi connectivity index (χ3n) is 5.34. The smallest absolute Gasteiger partial charge is 0.216 e. The predicted octanol–water partition coefficient (Wildman–Crippen LogP) is 2.16. The van der Waals surface area contributed by atoms with E-state index in [0.29, 0.717) is 47.1 Å². The Morgan fingerprint density at radius 3 is 2.56 bits per heavy atom. The number of nitrogens with zero attached hydrogens (tertiary/aromatic N) is 5. The second-order valence-corrected chi connectivity index (χ2v) is 8.79. The number of aliphatic hydroxyl groups is 1. The zero-order valence-corrected chi connectivity index (χ0v) is 20.6. The van der Waals surface area contributed by atoms with Crippen molar-refractivity contribution in [1.82, 2.24) is 24.8 Å². The van der Waals surface area contributed by atoms with Crippen LogP contribution in [0, 0.1) is 11.8 Å². The van der Waals surface area contributed by atoms with Crippen molar-refractivity contribution in [2.75, 3.05) is 19.5 Å². The minimum atomic E-state index is -1.22. The lowest BCUT2D eigenvalue weighted by Gasteiger charge is -2.14. The first-order chi connectivity index (χ1) is 17.2. The number of nitrogens with two attached hydrogens (primary N) is 2. The number of anilines is 1. The molecule has 0 aliphatic rings. The van der Waals surface area contributed by atoms with Gasteiger partial charge in [0.25, 0.3) is 0 Å². The molecule has 0 fully saturated rings. The Hall–Kier alpha value is -4.14. The van der Waals surface area contributed by atoms with E-state index in [1.165, 1.54) is 0 Å². The third kappa shape index (κ3) is 5.56. The van der Waals surface area contributed by atoms with E-state index in [0.717, 1.165) is 11.3 Å². The Kier molecular flexibility index (Phi) is 7.10. The summed E-state index contributed by atoms with van der Waals surface area (Å²) in [6, 6.07) is 9.24. The van der Waals surface area contributed by atoms with Gasteiger partial charge in [0.1, 0.15) is 29.2 Å². The normalized spacial score (nSPS) is 12.3. The summed E-state index contributed by atoms with van der Waals surface area (Å²) >= 11 is 0. The van der Waals surface area contributed by atoms with Gasteiger partial charge in [-0.05, 0) is 61.1 Å². The highest BCUT2D eigenvalue weighted by molar-refractivity contribution is 5.86. The lowest BCUT2D eigenvalue weighted by molar-refractivity contribution is 0.143. The molecular weight excluding hydrogens is 462 g/mol. The van der Waals surface area contributed by atoms with Gasteiger partial charge in [0.15, 0.2) is 17.3 Å². The number of aryl methyl sites for hydroxylation is 1. The molecule has 0 saturated heterocycles.